The Hall–Kier alpha value is -3.31. The van der Waals surface area contributed by atoms with Crippen molar-refractivity contribution < 1.29 is 24.3 Å². The molecular weight excluding hydrogens is 370 g/mol. The van der Waals surface area contributed by atoms with E-state index < -0.39 is 10.9 Å². The Morgan fingerprint density at radius 1 is 1.18 bits per heavy atom. The van der Waals surface area contributed by atoms with E-state index in [1.165, 1.54) is 44.8 Å². The topological polar surface area (TPSA) is 140 Å². The van der Waals surface area contributed by atoms with Gasteiger partial charge in [0.2, 0.25) is 11.6 Å². The SMILES string of the molecule is COCCN(CCOC)c1ncnc(Nc2ccc(C(=O)O)cc2)c1[N+](=O)[O-]. The van der Waals surface area contributed by atoms with E-state index in [1.54, 1.807) is 4.90 Å². The fourth-order valence-electron chi connectivity index (χ4n) is 2.42. The summed E-state index contributed by atoms with van der Waals surface area (Å²) in [6.07, 6.45) is 1.23. The number of benzene rings is 1. The standard InChI is InChI=1S/C17H21N5O6/c1-27-9-7-21(8-10-28-2)16-14(22(25)26)15(18-11-19-16)20-13-5-3-12(4-6-13)17(23)24/h3-6,11H,7-10H2,1-2H3,(H,23,24)(H,18,19,20). The minimum Gasteiger partial charge on any atom is -0.478 e. The van der Waals surface area contributed by atoms with Gasteiger partial charge in [-0.1, -0.05) is 0 Å². The number of rotatable bonds is 11. The number of carboxylic acid groups (broad SMARTS) is 1. The average Bonchev–Trinajstić information content (AvgIpc) is 2.68. The Kier molecular flexibility index (Phi) is 7.60. The highest BCUT2D eigenvalue weighted by Crippen LogP contribution is 2.33. The van der Waals surface area contributed by atoms with Crippen molar-refractivity contribution in [2.24, 2.45) is 0 Å². The first-order chi connectivity index (χ1) is 13.5. The molecule has 28 heavy (non-hydrogen) atoms. The molecule has 2 rings (SSSR count). The van der Waals surface area contributed by atoms with Crippen molar-refractivity contribution in [1.82, 2.24) is 9.97 Å². The van der Waals surface area contributed by atoms with Crippen LogP contribution in [0.5, 0.6) is 0 Å². The minimum absolute atomic E-state index is 0.00194. The highest BCUT2D eigenvalue weighted by Gasteiger charge is 2.27. The number of aromatic carboxylic acids is 1. The maximum Gasteiger partial charge on any atom is 0.353 e. The molecule has 11 heteroatoms. The molecule has 2 N–H and O–H groups in total. The maximum atomic E-state index is 11.7. The van der Waals surface area contributed by atoms with E-state index in [-0.39, 0.29) is 22.9 Å². The zero-order valence-electron chi connectivity index (χ0n) is 15.5. The van der Waals surface area contributed by atoms with Gasteiger partial charge in [-0.05, 0) is 24.3 Å². The van der Waals surface area contributed by atoms with Crippen molar-refractivity contribution in [1.29, 1.82) is 0 Å². The van der Waals surface area contributed by atoms with Gasteiger partial charge in [0.1, 0.15) is 6.33 Å². The molecule has 0 spiro atoms. The van der Waals surface area contributed by atoms with Gasteiger partial charge < -0.3 is 24.8 Å². The van der Waals surface area contributed by atoms with Gasteiger partial charge in [-0.2, -0.15) is 0 Å². The average molecular weight is 391 g/mol. The van der Waals surface area contributed by atoms with Crippen LogP contribution in [0.4, 0.5) is 23.0 Å². The van der Waals surface area contributed by atoms with Crippen molar-refractivity contribution >= 4 is 29.0 Å². The number of nitrogens with zero attached hydrogens (tertiary/aromatic N) is 4. The van der Waals surface area contributed by atoms with E-state index in [0.717, 1.165) is 0 Å². The van der Waals surface area contributed by atoms with Gasteiger partial charge in [0.25, 0.3) is 0 Å². The molecule has 0 bridgehead atoms. The molecule has 0 atom stereocenters. The highest BCUT2D eigenvalue weighted by atomic mass is 16.6. The molecule has 0 radical (unpaired) electrons. The smallest absolute Gasteiger partial charge is 0.353 e. The van der Waals surface area contributed by atoms with Gasteiger partial charge in [0, 0.05) is 33.0 Å². The molecule has 2 aromatic rings. The third-order valence-corrected chi connectivity index (χ3v) is 3.81. The largest absolute Gasteiger partial charge is 0.478 e. The number of methoxy groups -OCH3 is 2. The summed E-state index contributed by atoms with van der Waals surface area (Å²) in [6.45, 7) is 1.46. The second kappa shape index (κ2) is 10.1. The Morgan fingerprint density at radius 3 is 2.29 bits per heavy atom. The summed E-state index contributed by atoms with van der Waals surface area (Å²) in [5.41, 5.74) is 0.267. The number of carbonyl (C=O) groups is 1. The van der Waals surface area contributed by atoms with Crippen molar-refractivity contribution in [2.45, 2.75) is 0 Å². The van der Waals surface area contributed by atoms with E-state index in [0.29, 0.717) is 32.0 Å². The normalized spacial score (nSPS) is 10.5. The zero-order chi connectivity index (χ0) is 20.5. The number of carboxylic acids is 1. The predicted molar refractivity (Wildman–Crippen MR) is 101 cm³/mol. The van der Waals surface area contributed by atoms with Crippen molar-refractivity contribution in [3.63, 3.8) is 0 Å². The molecule has 1 aromatic heterocycles. The predicted octanol–water partition coefficient (Wildman–Crippen LogP) is 1.93. The molecule has 0 fully saturated rings. The van der Waals surface area contributed by atoms with E-state index in [9.17, 15) is 14.9 Å². The molecule has 150 valence electrons. The third kappa shape index (κ3) is 5.34. The maximum absolute atomic E-state index is 11.7. The van der Waals surface area contributed by atoms with Crippen LogP contribution in [0.2, 0.25) is 0 Å². The van der Waals surface area contributed by atoms with Crippen LogP contribution in [0, 0.1) is 10.1 Å². The Bertz CT molecular complexity index is 806. The molecule has 0 aliphatic carbocycles. The van der Waals surface area contributed by atoms with Gasteiger partial charge in [-0.3, -0.25) is 10.1 Å². The number of hydrogen-bond donors (Lipinski definition) is 2. The minimum atomic E-state index is -1.06. The van der Waals surface area contributed by atoms with Crippen LogP contribution in [0.3, 0.4) is 0 Å². The molecule has 1 aromatic carbocycles. The molecule has 0 aliphatic heterocycles. The first kappa shape index (κ1) is 21.0. The van der Waals surface area contributed by atoms with E-state index in [4.69, 9.17) is 14.6 Å². The van der Waals surface area contributed by atoms with Crippen molar-refractivity contribution in [2.75, 3.05) is 50.7 Å². The number of nitrogens with one attached hydrogen (secondary N) is 1. The monoisotopic (exact) mass is 391 g/mol. The van der Waals surface area contributed by atoms with Crippen LogP contribution < -0.4 is 10.2 Å². The first-order valence-electron chi connectivity index (χ1n) is 8.30. The van der Waals surface area contributed by atoms with E-state index in [1.807, 2.05) is 0 Å². The Labute approximate surface area is 161 Å². The summed E-state index contributed by atoms with van der Waals surface area (Å²) in [6, 6.07) is 5.79. The van der Waals surface area contributed by atoms with Gasteiger partial charge >= 0.3 is 11.7 Å². The lowest BCUT2D eigenvalue weighted by atomic mass is 10.2. The second-order valence-electron chi connectivity index (χ2n) is 5.63. The number of aromatic nitrogens is 2. The molecule has 0 saturated heterocycles. The van der Waals surface area contributed by atoms with E-state index in [2.05, 4.69) is 15.3 Å². The van der Waals surface area contributed by atoms with Crippen LogP contribution in [-0.2, 0) is 9.47 Å². The molecular formula is C17H21N5O6. The Balaban J connectivity index is 2.37. The number of anilines is 3. The van der Waals surface area contributed by atoms with Crippen molar-refractivity contribution in [3.8, 4) is 0 Å². The fraction of sp³-hybridized carbons (Fsp3) is 0.353. The lowest BCUT2D eigenvalue weighted by molar-refractivity contribution is -0.383. The fourth-order valence-corrected chi connectivity index (χ4v) is 2.42. The summed E-state index contributed by atoms with van der Waals surface area (Å²) in [5, 5.41) is 23.6. The van der Waals surface area contributed by atoms with Gasteiger partial charge in [-0.15, -0.1) is 0 Å². The summed E-state index contributed by atoms with van der Waals surface area (Å²) in [5.74, 6) is -0.926. The van der Waals surface area contributed by atoms with Gasteiger partial charge in [-0.25, -0.2) is 14.8 Å². The molecule has 0 aliphatic rings. The molecule has 0 unspecified atom stereocenters. The summed E-state index contributed by atoms with van der Waals surface area (Å²) in [4.78, 5) is 31.9. The van der Waals surface area contributed by atoms with Crippen LogP contribution in [0.15, 0.2) is 30.6 Å². The summed E-state index contributed by atoms with van der Waals surface area (Å²) < 4.78 is 10.1. The van der Waals surface area contributed by atoms with Crippen LogP contribution in [0.1, 0.15) is 10.4 Å². The second-order valence-corrected chi connectivity index (χ2v) is 5.63. The zero-order valence-corrected chi connectivity index (χ0v) is 15.5. The summed E-state index contributed by atoms with van der Waals surface area (Å²) in [7, 11) is 3.08. The van der Waals surface area contributed by atoms with Crippen LogP contribution in [0.25, 0.3) is 0 Å². The number of ether oxygens (including phenoxy) is 2. The molecule has 0 saturated carbocycles. The third-order valence-electron chi connectivity index (χ3n) is 3.81. The van der Waals surface area contributed by atoms with Gasteiger partial charge in [0.05, 0.1) is 23.7 Å². The highest BCUT2D eigenvalue weighted by molar-refractivity contribution is 5.88. The molecule has 11 nitrogen and oxygen atoms in total. The number of nitro groups is 1. The summed E-state index contributed by atoms with van der Waals surface area (Å²) >= 11 is 0. The van der Waals surface area contributed by atoms with Crippen molar-refractivity contribution in [3.05, 3.63) is 46.3 Å². The van der Waals surface area contributed by atoms with Crippen LogP contribution in [-0.4, -0.2) is 66.5 Å². The molecule has 0 amide bonds. The van der Waals surface area contributed by atoms with Crippen LogP contribution >= 0.6 is 0 Å². The van der Waals surface area contributed by atoms with Gasteiger partial charge in [0.15, 0.2) is 0 Å². The first-order valence-corrected chi connectivity index (χ1v) is 8.30. The Morgan fingerprint density at radius 2 is 1.79 bits per heavy atom. The quantitative estimate of drug-likeness (QED) is 0.431. The lowest BCUT2D eigenvalue weighted by Crippen LogP contribution is -2.32. The molecule has 1 heterocycles. The number of hydrogen-bond acceptors (Lipinski definition) is 9. The lowest BCUT2D eigenvalue weighted by Gasteiger charge is -2.23. The van der Waals surface area contributed by atoms with E-state index >= 15 is 0 Å².